The number of Topliss-reactive ketones (excluding diaryl/α,β-unsaturated/α-hetero) is 1. The number of hydrogen-bond donors (Lipinski definition) is 1. The van der Waals surface area contributed by atoms with E-state index in [0.717, 1.165) is 16.3 Å². The van der Waals surface area contributed by atoms with Crippen LogP contribution >= 0.6 is 0 Å². The number of carbonyl (C=O) groups excluding carboxylic acids is 1. The quantitative estimate of drug-likeness (QED) is 0.836. The number of carbonyl (C=O) groups is 1. The molecular formula is C14H14N2O4. The van der Waals surface area contributed by atoms with Crippen molar-refractivity contribution in [1.82, 2.24) is 9.55 Å². The molecule has 1 aromatic carbocycles. The maximum atomic E-state index is 12.1. The highest BCUT2D eigenvalue weighted by atomic mass is 16.5. The van der Waals surface area contributed by atoms with E-state index in [-0.39, 0.29) is 17.9 Å². The number of H-pyrrole nitrogens is 1. The average molecular weight is 274 g/mol. The maximum Gasteiger partial charge on any atom is 0.328 e. The van der Waals surface area contributed by atoms with Gasteiger partial charge in [-0.2, -0.15) is 0 Å². The lowest BCUT2D eigenvalue weighted by atomic mass is 10.2. The van der Waals surface area contributed by atoms with Gasteiger partial charge in [-0.1, -0.05) is 12.1 Å². The summed E-state index contributed by atoms with van der Waals surface area (Å²) in [7, 11) is 1.54. The van der Waals surface area contributed by atoms with Gasteiger partial charge in [0.15, 0.2) is 5.78 Å². The van der Waals surface area contributed by atoms with Crippen LogP contribution in [0.15, 0.2) is 40.1 Å². The molecule has 0 unspecified atom stereocenters. The topological polar surface area (TPSA) is 81.2 Å². The molecule has 0 aliphatic carbocycles. The van der Waals surface area contributed by atoms with E-state index >= 15 is 0 Å². The first kappa shape index (κ1) is 13.8. The summed E-state index contributed by atoms with van der Waals surface area (Å²) in [6.45, 7) is 1.36. The van der Waals surface area contributed by atoms with Gasteiger partial charge in [-0.05, 0) is 24.6 Å². The number of nitrogens with zero attached hydrogens (tertiary/aromatic N) is 1. The van der Waals surface area contributed by atoms with E-state index in [1.807, 2.05) is 0 Å². The summed E-state index contributed by atoms with van der Waals surface area (Å²) in [6.07, 6.45) is 1.15. The van der Waals surface area contributed by atoms with E-state index in [1.54, 1.807) is 24.3 Å². The number of hydrogen-bond acceptors (Lipinski definition) is 4. The van der Waals surface area contributed by atoms with Crippen LogP contribution in [-0.2, 0) is 6.54 Å². The fraction of sp³-hybridized carbons (Fsp3) is 0.214. The van der Waals surface area contributed by atoms with Crippen molar-refractivity contribution in [2.75, 3.05) is 7.11 Å². The van der Waals surface area contributed by atoms with Crippen molar-refractivity contribution >= 4 is 5.78 Å². The first-order valence-corrected chi connectivity index (χ1v) is 5.99. The molecule has 0 amide bonds. The van der Waals surface area contributed by atoms with Crippen molar-refractivity contribution in [3.8, 4) is 5.75 Å². The summed E-state index contributed by atoms with van der Waals surface area (Å²) in [6, 6.07) is 7.03. The number of ketones is 1. The Labute approximate surface area is 114 Å². The molecule has 1 aromatic heterocycles. The van der Waals surface area contributed by atoms with Crippen LogP contribution in [0.3, 0.4) is 0 Å². The van der Waals surface area contributed by atoms with Crippen LogP contribution in [0.25, 0.3) is 0 Å². The summed E-state index contributed by atoms with van der Waals surface area (Å²) < 4.78 is 6.08. The highest BCUT2D eigenvalue weighted by Gasteiger charge is 2.11. The molecule has 0 atom stereocenters. The Hall–Kier alpha value is -2.63. The summed E-state index contributed by atoms with van der Waals surface area (Å²) in [4.78, 5) is 37.5. The molecule has 0 fully saturated rings. The first-order valence-electron chi connectivity index (χ1n) is 5.99. The van der Waals surface area contributed by atoms with Gasteiger partial charge in [-0.3, -0.25) is 14.2 Å². The van der Waals surface area contributed by atoms with Gasteiger partial charge in [0.05, 0.1) is 19.2 Å². The molecule has 0 aliphatic heterocycles. The SMILES string of the molecule is COc1cccc(Cn2c(=O)[nH]cc(C(C)=O)c2=O)c1. The molecule has 6 nitrogen and oxygen atoms in total. The van der Waals surface area contributed by atoms with Gasteiger partial charge in [0, 0.05) is 6.20 Å². The molecule has 20 heavy (non-hydrogen) atoms. The van der Waals surface area contributed by atoms with Gasteiger partial charge >= 0.3 is 5.69 Å². The van der Waals surface area contributed by atoms with Crippen LogP contribution in [0.5, 0.6) is 5.75 Å². The predicted molar refractivity (Wildman–Crippen MR) is 73.4 cm³/mol. The van der Waals surface area contributed by atoms with Crippen molar-refractivity contribution in [3.63, 3.8) is 0 Å². The summed E-state index contributed by atoms with van der Waals surface area (Å²) >= 11 is 0. The van der Waals surface area contributed by atoms with Crippen LogP contribution in [-0.4, -0.2) is 22.4 Å². The number of rotatable bonds is 4. The van der Waals surface area contributed by atoms with E-state index in [9.17, 15) is 14.4 Å². The molecule has 0 saturated carbocycles. The van der Waals surface area contributed by atoms with E-state index in [2.05, 4.69) is 4.98 Å². The third kappa shape index (κ3) is 2.69. The molecule has 104 valence electrons. The van der Waals surface area contributed by atoms with Gasteiger partial charge < -0.3 is 9.72 Å². The van der Waals surface area contributed by atoms with Crippen LogP contribution < -0.4 is 16.0 Å². The molecule has 0 saturated heterocycles. The monoisotopic (exact) mass is 274 g/mol. The zero-order valence-corrected chi connectivity index (χ0v) is 11.2. The van der Waals surface area contributed by atoms with Gasteiger partial charge in [0.2, 0.25) is 0 Å². The van der Waals surface area contributed by atoms with Crippen LogP contribution in [0.2, 0.25) is 0 Å². The van der Waals surface area contributed by atoms with Crippen molar-refractivity contribution in [2.45, 2.75) is 13.5 Å². The third-order valence-electron chi connectivity index (χ3n) is 2.91. The van der Waals surface area contributed by atoms with Crippen LogP contribution in [0.1, 0.15) is 22.8 Å². The van der Waals surface area contributed by atoms with E-state index in [1.165, 1.54) is 14.0 Å². The molecular weight excluding hydrogens is 260 g/mol. The fourth-order valence-electron chi connectivity index (χ4n) is 1.86. The van der Waals surface area contributed by atoms with Crippen molar-refractivity contribution in [3.05, 3.63) is 62.4 Å². The van der Waals surface area contributed by atoms with E-state index in [0.29, 0.717) is 5.75 Å². The highest BCUT2D eigenvalue weighted by Crippen LogP contribution is 2.12. The van der Waals surface area contributed by atoms with Gasteiger partial charge in [-0.15, -0.1) is 0 Å². The Kier molecular flexibility index (Phi) is 3.84. The minimum Gasteiger partial charge on any atom is -0.497 e. The Morgan fingerprint density at radius 2 is 2.10 bits per heavy atom. The van der Waals surface area contributed by atoms with Gasteiger partial charge in [0.25, 0.3) is 5.56 Å². The third-order valence-corrected chi connectivity index (χ3v) is 2.91. The van der Waals surface area contributed by atoms with Gasteiger partial charge in [-0.25, -0.2) is 4.79 Å². The molecule has 2 rings (SSSR count). The van der Waals surface area contributed by atoms with Crippen LogP contribution in [0, 0.1) is 0 Å². The Morgan fingerprint density at radius 3 is 2.75 bits per heavy atom. The number of methoxy groups -OCH3 is 1. The molecule has 1 N–H and O–H groups in total. The fourth-order valence-corrected chi connectivity index (χ4v) is 1.86. The normalized spacial score (nSPS) is 10.3. The average Bonchev–Trinajstić information content (AvgIpc) is 2.43. The predicted octanol–water partition coefficient (Wildman–Crippen LogP) is 0.796. The second-order valence-corrected chi connectivity index (χ2v) is 4.31. The van der Waals surface area contributed by atoms with Crippen molar-refractivity contribution in [1.29, 1.82) is 0 Å². The molecule has 0 radical (unpaired) electrons. The van der Waals surface area contributed by atoms with E-state index < -0.39 is 11.2 Å². The van der Waals surface area contributed by atoms with Crippen molar-refractivity contribution in [2.24, 2.45) is 0 Å². The summed E-state index contributed by atoms with van der Waals surface area (Å²) in [5.74, 6) is 0.250. The summed E-state index contributed by atoms with van der Waals surface area (Å²) in [5, 5.41) is 0. The second-order valence-electron chi connectivity index (χ2n) is 4.31. The van der Waals surface area contributed by atoms with Crippen LogP contribution in [0.4, 0.5) is 0 Å². The number of nitrogens with one attached hydrogen (secondary N) is 1. The zero-order chi connectivity index (χ0) is 14.7. The minimum atomic E-state index is -0.593. The lowest BCUT2D eigenvalue weighted by Crippen LogP contribution is -2.37. The van der Waals surface area contributed by atoms with Gasteiger partial charge in [0.1, 0.15) is 5.75 Å². The standard InChI is InChI=1S/C14H14N2O4/c1-9(17)12-7-15-14(19)16(13(12)18)8-10-4-3-5-11(6-10)20-2/h3-7H,8H2,1-2H3,(H,15,19). The Bertz CT molecular complexity index is 758. The maximum absolute atomic E-state index is 12.1. The smallest absolute Gasteiger partial charge is 0.328 e. The second kappa shape index (κ2) is 5.56. The summed E-state index contributed by atoms with van der Waals surface area (Å²) in [5.41, 5.74) is -0.447. The number of benzene rings is 1. The Morgan fingerprint density at radius 1 is 1.35 bits per heavy atom. The number of aromatic amines is 1. The highest BCUT2D eigenvalue weighted by molar-refractivity contribution is 5.93. The molecule has 2 aromatic rings. The minimum absolute atomic E-state index is 0.0347. The largest absolute Gasteiger partial charge is 0.497 e. The lowest BCUT2D eigenvalue weighted by molar-refractivity contribution is 0.101. The molecule has 0 aliphatic rings. The number of ether oxygens (including phenoxy) is 1. The molecule has 0 spiro atoms. The Balaban J connectivity index is 2.48. The van der Waals surface area contributed by atoms with E-state index in [4.69, 9.17) is 4.74 Å². The molecule has 1 heterocycles. The lowest BCUT2D eigenvalue weighted by Gasteiger charge is -2.07. The van der Waals surface area contributed by atoms with Crippen molar-refractivity contribution < 1.29 is 9.53 Å². The number of aromatic nitrogens is 2. The molecule has 6 heteroatoms. The molecule has 0 bridgehead atoms. The zero-order valence-electron chi connectivity index (χ0n) is 11.2. The first-order chi connectivity index (χ1) is 9.52.